The van der Waals surface area contributed by atoms with Crippen LogP contribution in [0.2, 0.25) is 5.02 Å². The van der Waals surface area contributed by atoms with Crippen molar-refractivity contribution >= 4 is 11.6 Å². The van der Waals surface area contributed by atoms with Crippen LogP contribution in [0.4, 0.5) is 0 Å². The molecule has 0 aliphatic heterocycles. The fraction of sp³-hybridized carbons (Fsp3) is 0.538. The van der Waals surface area contributed by atoms with Gasteiger partial charge in [0, 0.05) is 6.04 Å². The van der Waals surface area contributed by atoms with E-state index in [0.29, 0.717) is 11.1 Å². The van der Waals surface area contributed by atoms with Crippen molar-refractivity contribution in [1.29, 1.82) is 0 Å². The zero-order chi connectivity index (χ0) is 11.8. The third kappa shape index (κ3) is 4.86. The lowest BCUT2D eigenvalue weighted by Gasteiger charge is -2.12. The van der Waals surface area contributed by atoms with Gasteiger partial charge < -0.3 is 10.1 Å². The summed E-state index contributed by atoms with van der Waals surface area (Å²) in [4.78, 5) is 0. The maximum atomic E-state index is 5.98. The van der Waals surface area contributed by atoms with Crippen LogP contribution < -0.4 is 10.1 Å². The first-order valence-electron chi connectivity index (χ1n) is 5.84. The van der Waals surface area contributed by atoms with Crippen molar-refractivity contribution in [3.05, 3.63) is 29.3 Å². The van der Waals surface area contributed by atoms with Crippen molar-refractivity contribution in [2.45, 2.75) is 32.7 Å². The SMILES string of the molecule is CCNC(C)CCCOc1ccccc1Cl. The summed E-state index contributed by atoms with van der Waals surface area (Å²) >= 11 is 5.98. The molecule has 90 valence electrons. The number of ether oxygens (including phenoxy) is 1. The van der Waals surface area contributed by atoms with Crippen LogP contribution in [0.25, 0.3) is 0 Å². The van der Waals surface area contributed by atoms with Crippen LogP contribution in [-0.4, -0.2) is 19.2 Å². The Morgan fingerprint density at radius 1 is 1.38 bits per heavy atom. The van der Waals surface area contributed by atoms with E-state index < -0.39 is 0 Å². The van der Waals surface area contributed by atoms with Crippen LogP contribution in [0.5, 0.6) is 5.75 Å². The van der Waals surface area contributed by atoms with Crippen molar-refractivity contribution in [3.8, 4) is 5.75 Å². The molecule has 0 amide bonds. The monoisotopic (exact) mass is 241 g/mol. The topological polar surface area (TPSA) is 21.3 Å². The molecule has 0 saturated heterocycles. The van der Waals surface area contributed by atoms with E-state index in [9.17, 15) is 0 Å². The molecule has 1 aromatic rings. The van der Waals surface area contributed by atoms with Crippen molar-refractivity contribution < 1.29 is 4.74 Å². The number of benzene rings is 1. The molecule has 1 aromatic carbocycles. The number of hydrogen-bond donors (Lipinski definition) is 1. The van der Waals surface area contributed by atoms with Crippen molar-refractivity contribution in [1.82, 2.24) is 5.32 Å². The average Bonchev–Trinajstić information content (AvgIpc) is 2.27. The number of para-hydroxylation sites is 1. The van der Waals surface area contributed by atoms with E-state index in [1.807, 2.05) is 24.3 Å². The first kappa shape index (κ1) is 13.3. The van der Waals surface area contributed by atoms with Gasteiger partial charge in [-0.05, 0) is 38.4 Å². The van der Waals surface area contributed by atoms with Gasteiger partial charge in [0.1, 0.15) is 5.75 Å². The molecule has 1 N–H and O–H groups in total. The molecule has 0 aliphatic rings. The van der Waals surface area contributed by atoms with Crippen molar-refractivity contribution in [3.63, 3.8) is 0 Å². The maximum absolute atomic E-state index is 5.98. The number of halogens is 1. The summed E-state index contributed by atoms with van der Waals surface area (Å²) in [6, 6.07) is 8.14. The molecular formula is C13H20ClNO. The third-order valence-corrected chi connectivity index (χ3v) is 2.74. The van der Waals surface area contributed by atoms with E-state index in [1.54, 1.807) is 0 Å². The van der Waals surface area contributed by atoms with Gasteiger partial charge in [0.05, 0.1) is 11.6 Å². The van der Waals surface area contributed by atoms with E-state index in [4.69, 9.17) is 16.3 Å². The highest BCUT2D eigenvalue weighted by molar-refractivity contribution is 6.32. The lowest BCUT2D eigenvalue weighted by molar-refractivity contribution is 0.298. The van der Waals surface area contributed by atoms with Crippen molar-refractivity contribution in [2.24, 2.45) is 0 Å². The Kier molecular flexibility index (Phi) is 6.27. The Balaban J connectivity index is 2.19. The lowest BCUT2D eigenvalue weighted by Crippen LogP contribution is -2.25. The van der Waals surface area contributed by atoms with Gasteiger partial charge in [-0.25, -0.2) is 0 Å². The predicted octanol–water partition coefficient (Wildman–Crippen LogP) is 3.50. The number of nitrogens with one attached hydrogen (secondary N) is 1. The van der Waals surface area contributed by atoms with Crippen LogP contribution in [0.15, 0.2) is 24.3 Å². The van der Waals surface area contributed by atoms with Gasteiger partial charge in [0.15, 0.2) is 0 Å². The maximum Gasteiger partial charge on any atom is 0.137 e. The Morgan fingerprint density at radius 3 is 2.81 bits per heavy atom. The average molecular weight is 242 g/mol. The van der Waals surface area contributed by atoms with E-state index in [2.05, 4.69) is 19.2 Å². The summed E-state index contributed by atoms with van der Waals surface area (Å²) in [5.41, 5.74) is 0. The summed E-state index contributed by atoms with van der Waals surface area (Å²) in [6.45, 7) is 6.06. The molecular weight excluding hydrogens is 222 g/mol. The second kappa shape index (κ2) is 7.53. The van der Waals surface area contributed by atoms with Gasteiger partial charge in [0.2, 0.25) is 0 Å². The molecule has 0 bridgehead atoms. The highest BCUT2D eigenvalue weighted by Gasteiger charge is 2.01. The van der Waals surface area contributed by atoms with Crippen LogP contribution in [-0.2, 0) is 0 Å². The Bertz CT molecular complexity index is 304. The van der Waals surface area contributed by atoms with E-state index >= 15 is 0 Å². The van der Waals surface area contributed by atoms with Crippen LogP contribution in [0.1, 0.15) is 26.7 Å². The number of hydrogen-bond acceptors (Lipinski definition) is 2. The largest absolute Gasteiger partial charge is 0.492 e. The van der Waals surface area contributed by atoms with Gasteiger partial charge in [-0.2, -0.15) is 0 Å². The molecule has 2 nitrogen and oxygen atoms in total. The zero-order valence-corrected chi connectivity index (χ0v) is 10.8. The summed E-state index contributed by atoms with van der Waals surface area (Å²) in [6.07, 6.45) is 2.16. The molecule has 1 rings (SSSR count). The normalized spacial score (nSPS) is 12.4. The zero-order valence-electron chi connectivity index (χ0n) is 10.0. The summed E-state index contributed by atoms with van der Waals surface area (Å²) in [7, 11) is 0. The minimum absolute atomic E-state index is 0.555. The molecule has 0 saturated carbocycles. The predicted molar refractivity (Wildman–Crippen MR) is 69.3 cm³/mol. The van der Waals surface area contributed by atoms with Gasteiger partial charge in [-0.15, -0.1) is 0 Å². The molecule has 1 atom stereocenters. The van der Waals surface area contributed by atoms with Crippen LogP contribution in [0, 0.1) is 0 Å². The Hall–Kier alpha value is -0.730. The van der Waals surface area contributed by atoms with Gasteiger partial charge in [0.25, 0.3) is 0 Å². The third-order valence-electron chi connectivity index (χ3n) is 2.43. The first-order valence-corrected chi connectivity index (χ1v) is 6.22. The van der Waals surface area contributed by atoms with E-state index in [1.165, 1.54) is 0 Å². The highest BCUT2D eigenvalue weighted by Crippen LogP contribution is 2.23. The smallest absolute Gasteiger partial charge is 0.137 e. The Morgan fingerprint density at radius 2 is 2.12 bits per heavy atom. The molecule has 0 radical (unpaired) electrons. The van der Waals surface area contributed by atoms with E-state index in [-0.39, 0.29) is 0 Å². The fourth-order valence-electron chi connectivity index (χ4n) is 1.58. The molecule has 0 aromatic heterocycles. The van der Waals surface area contributed by atoms with Crippen molar-refractivity contribution in [2.75, 3.05) is 13.2 Å². The Labute approximate surface area is 103 Å². The minimum atomic E-state index is 0.555. The quantitative estimate of drug-likeness (QED) is 0.738. The van der Waals surface area contributed by atoms with Crippen LogP contribution in [0.3, 0.4) is 0 Å². The van der Waals surface area contributed by atoms with Gasteiger partial charge in [-0.3, -0.25) is 0 Å². The molecule has 0 aliphatic carbocycles. The lowest BCUT2D eigenvalue weighted by atomic mass is 10.2. The molecule has 16 heavy (non-hydrogen) atoms. The summed E-state index contributed by atoms with van der Waals surface area (Å²) in [5, 5.41) is 4.06. The van der Waals surface area contributed by atoms with E-state index in [0.717, 1.165) is 31.7 Å². The summed E-state index contributed by atoms with van der Waals surface area (Å²) < 4.78 is 5.61. The molecule has 0 spiro atoms. The second-order valence-corrected chi connectivity index (χ2v) is 4.29. The van der Waals surface area contributed by atoms with Gasteiger partial charge in [-0.1, -0.05) is 30.7 Å². The second-order valence-electron chi connectivity index (χ2n) is 3.88. The fourth-order valence-corrected chi connectivity index (χ4v) is 1.77. The highest BCUT2D eigenvalue weighted by atomic mass is 35.5. The minimum Gasteiger partial charge on any atom is -0.492 e. The number of rotatable bonds is 7. The summed E-state index contributed by atoms with van der Waals surface area (Å²) in [5.74, 6) is 0.778. The van der Waals surface area contributed by atoms with Crippen LogP contribution >= 0.6 is 11.6 Å². The first-order chi connectivity index (χ1) is 7.74. The van der Waals surface area contributed by atoms with Gasteiger partial charge >= 0.3 is 0 Å². The molecule has 3 heteroatoms. The standard InChI is InChI=1S/C13H20ClNO/c1-3-15-11(2)7-6-10-16-13-9-5-4-8-12(13)14/h4-5,8-9,11,15H,3,6-7,10H2,1-2H3. The molecule has 0 heterocycles. The molecule has 1 unspecified atom stereocenters. The molecule has 0 fully saturated rings.